The number of aldehydes is 1. The summed E-state index contributed by atoms with van der Waals surface area (Å²) in [5.41, 5.74) is 3.89. The smallest absolute Gasteiger partial charge is 0.426 e. The topological polar surface area (TPSA) is 128 Å². The van der Waals surface area contributed by atoms with Crippen LogP contribution in [0.3, 0.4) is 0 Å². The number of aryl methyl sites for hydroxylation is 1. The van der Waals surface area contributed by atoms with E-state index < -0.39 is 27.9 Å². The Hall–Kier alpha value is -3.56. The Kier molecular flexibility index (Phi) is 6.42. The molecule has 9 nitrogen and oxygen atoms in total. The zero-order chi connectivity index (χ0) is 23.5. The first kappa shape index (κ1) is 23.1. The lowest BCUT2D eigenvalue weighted by molar-refractivity contribution is -0.138. The zero-order valence-corrected chi connectivity index (χ0v) is 17.0. The van der Waals surface area contributed by atoms with Crippen LogP contribution in [0.5, 0.6) is 5.75 Å². The highest BCUT2D eigenvalue weighted by molar-refractivity contribution is 5.93. The molecule has 0 spiro atoms. The number of halogens is 3. The van der Waals surface area contributed by atoms with Gasteiger partial charge < -0.3 is 15.2 Å². The van der Waals surface area contributed by atoms with Gasteiger partial charge in [-0.3, -0.25) is 4.79 Å². The van der Waals surface area contributed by atoms with Gasteiger partial charge in [-0.05, 0) is 12.5 Å². The minimum absolute atomic E-state index is 0.00831. The monoisotopic (exact) mass is 450 g/mol. The molecule has 0 saturated carbocycles. The van der Waals surface area contributed by atoms with Crippen molar-refractivity contribution in [2.24, 2.45) is 5.73 Å². The van der Waals surface area contributed by atoms with Crippen LogP contribution in [0.2, 0.25) is 0 Å². The summed E-state index contributed by atoms with van der Waals surface area (Å²) in [5, 5.41) is 9.33. The first-order chi connectivity index (χ1) is 15.2. The number of fused-ring (bicyclic) bond motifs is 1. The molecule has 3 heterocycles. The van der Waals surface area contributed by atoms with Gasteiger partial charge in [-0.15, -0.1) is 4.48 Å². The van der Waals surface area contributed by atoms with Crippen LogP contribution in [0.15, 0.2) is 18.3 Å². The fraction of sp³-hybridized carbons (Fsp3) is 0.350. The molecule has 168 valence electrons. The number of amides is 2. The Morgan fingerprint density at radius 1 is 1.38 bits per heavy atom. The second-order valence-electron chi connectivity index (χ2n) is 6.99. The van der Waals surface area contributed by atoms with Gasteiger partial charge in [-0.2, -0.15) is 23.4 Å². The van der Waals surface area contributed by atoms with Crippen LogP contribution in [0.25, 0.3) is 0 Å². The molecule has 1 unspecified atom stereocenters. The highest BCUT2D eigenvalue weighted by Crippen LogP contribution is 2.43. The molecule has 0 aliphatic carbocycles. The number of aromatic nitrogens is 2. The van der Waals surface area contributed by atoms with Crippen molar-refractivity contribution < 1.29 is 32.2 Å². The van der Waals surface area contributed by atoms with Crippen LogP contribution in [-0.2, 0) is 17.3 Å². The molecule has 3 rings (SSSR count). The van der Waals surface area contributed by atoms with E-state index in [1.807, 2.05) is 6.07 Å². The quantitative estimate of drug-likeness (QED) is 0.407. The Morgan fingerprint density at radius 3 is 2.72 bits per heavy atom. The summed E-state index contributed by atoms with van der Waals surface area (Å²) in [6, 6.07) is 3.12. The van der Waals surface area contributed by atoms with E-state index >= 15 is 0 Å². The van der Waals surface area contributed by atoms with E-state index in [0.717, 1.165) is 6.07 Å². The molecule has 0 fully saturated rings. The largest absolute Gasteiger partial charge is 0.489 e. The van der Waals surface area contributed by atoms with E-state index in [-0.39, 0.29) is 61.0 Å². The number of hydrogen-bond acceptors (Lipinski definition) is 7. The molecule has 2 amide bonds. The second kappa shape index (κ2) is 8.89. The number of pyridine rings is 2. The van der Waals surface area contributed by atoms with Gasteiger partial charge in [-0.1, -0.05) is 0 Å². The van der Waals surface area contributed by atoms with Gasteiger partial charge in [0.15, 0.2) is 6.29 Å². The van der Waals surface area contributed by atoms with E-state index in [0.29, 0.717) is 6.42 Å². The van der Waals surface area contributed by atoms with Crippen LogP contribution in [0.1, 0.15) is 33.6 Å². The molecule has 0 bridgehead atoms. The molecule has 1 aliphatic rings. The number of carbonyl (C=O) groups excluding carboxylic acids is 2. The molecular weight excluding hydrogens is 431 g/mol. The Morgan fingerprint density at radius 2 is 2.12 bits per heavy atom. The fourth-order valence-electron chi connectivity index (χ4n) is 3.63. The lowest BCUT2D eigenvalue weighted by Gasteiger charge is -2.35. The van der Waals surface area contributed by atoms with Gasteiger partial charge in [0, 0.05) is 19.1 Å². The normalized spacial score (nSPS) is 17.8. The first-order valence-corrected chi connectivity index (χ1v) is 9.46. The van der Waals surface area contributed by atoms with Gasteiger partial charge in [0.05, 0.1) is 24.4 Å². The summed E-state index contributed by atoms with van der Waals surface area (Å²) in [7, 11) is 1.47. The van der Waals surface area contributed by atoms with Crippen molar-refractivity contribution >= 4 is 24.0 Å². The summed E-state index contributed by atoms with van der Waals surface area (Å²) >= 11 is 0. The number of ether oxygens (including phenoxy) is 2. The molecule has 1 aliphatic heterocycles. The number of nitrogens with zero attached hydrogens (tertiary/aromatic N) is 4. The number of hydrogen-bond donors (Lipinski definition) is 1. The maximum Gasteiger partial charge on any atom is 0.426 e. The van der Waals surface area contributed by atoms with Crippen molar-refractivity contribution in [3.05, 3.63) is 40.7 Å². The number of quaternary nitrogens is 1. The second-order valence-corrected chi connectivity index (χ2v) is 6.99. The van der Waals surface area contributed by atoms with Gasteiger partial charge in [0.2, 0.25) is 11.6 Å². The van der Waals surface area contributed by atoms with Crippen LogP contribution >= 0.6 is 0 Å². The highest BCUT2D eigenvalue weighted by atomic mass is 19.4. The average Bonchev–Trinajstić information content (AvgIpc) is 2.77. The molecule has 2 aromatic heterocycles. The number of alkyl halides is 3. The van der Waals surface area contributed by atoms with E-state index in [1.54, 1.807) is 0 Å². The van der Waals surface area contributed by atoms with E-state index in [1.165, 1.54) is 19.4 Å². The number of nitriles is 1. The number of nitrogens with two attached hydrogens (primary N) is 1. The lowest BCUT2D eigenvalue weighted by Crippen LogP contribution is -2.56. The molecule has 0 radical (unpaired) electrons. The van der Waals surface area contributed by atoms with Crippen LogP contribution in [-0.4, -0.2) is 49.2 Å². The SMILES string of the molecule is COCCOc1cc([N+]2(C(N)=O)CCCc3cc(C(F)(F)F)c(C=O)nc32)ncc1C#N. The minimum Gasteiger partial charge on any atom is -0.489 e. The van der Waals surface area contributed by atoms with Crippen molar-refractivity contribution in [2.75, 3.05) is 26.9 Å². The van der Waals surface area contributed by atoms with Gasteiger partial charge in [-0.25, -0.2) is 9.78 Å². The molecular formula is C20H19F3N5O4+. The Balaban J connectivity index is 2.23. The van der Waals surface area contributed by atoms with E-state index in [9.17, 15) is 28.0 Å². The van der Waals surface area contributed by atoms with Crippen LogP contribution in [0.4, 0.5) is 29.6 Å². The summed E-state index contributed by atoms with van der Waals surface area (Å²) < 4.78 is 49.8. The third kappa shape index (κ3) is 4.00. The summed E-state index contributed by atoms with van der Waals surface area (Å²) in [4.78, 5) is 32.2. The van der Waals surface area contributed by atoms with Crippen molar-refractivity contribution in [3.8, 4) is 11.8 Å². The predicted octanol–water partition coefficient (Wildman–Crippen LogP) is 2.87. The molecule has 12 heteroatoms. The van der Waals surface area contributed by atoms with Crippen molar-refractivity contribution in [3.63, 3.8) is 0 Å². The highest BCUT2D eigenvalue weighted by Gasteiger charge is 2.49. The van der Waals surface area contributed by atoms with Gasteiger partial charge >= 0.3 is 12.2 Å². The maximum atomic E-state index is 13.4. The third-order valence-electron chi connectivity index (χ3n) is 5.11. The summed E-state index contributed by atoms with van der Waals surface area (Å²) in [6.07, 6.45) is -3.13. The van der Waals surface area contributed by atoms with E-state index in [2.05, 4.69) is 9.97 Å². The average molecular weight is 450 g/mol. The Labute approximate surface area is 180 Å². The maximum absolute atomic E-state index is 13.4. The van der Waals surface area contributed by atoms with E-state index in [4.69, 9.17) is 15.2 Å². The summed E-state index contributed by atoms with van der Waals surface area (Å²) in [6.45, 7) is 0.380. The first-order valence-electron chi connectivity index (χ1n) is 9.46. The molecule has 0 saturated heterocycles. The molecule has 2 N–H and O–H groups in total. The predicted molar refractivity (Wildman–Crippen MR) is 105 cm³/mol. The van der Waals surface area contributed by atoms with Crippen LogP contribution < -0.4 is 15.0 Å². The third-order valence-corrected chi connectivity index (χ3v) is 5.11. The number of methoxy groups -OCH3 is 1. The fourth-order valence-corrected chi connectivity index (χ4v) is 3.63. The molecule has 2 aromatic rings. The molecule has 0 aromatic carbocycles. The number of urea groups is 1. The number of carbonyl (C=O) groups is 2. The molecule has 32 heavy (non-hydrogen) atoms. The van der Waals surface area contributed by atoms with Crippen molar-refractivity contribution in [1.29, 1.82) is 5.26 Å². The number of rotatable bonds is 6. The van der Waals surface area contributed by atoms with Crippen molar-refractivity contribution in [1.82, 2.24) is 14.5 Å². The standard InChI is InChI=1S/C20H18F3N5O4/c1-31-5-6-32-16-8-17(26-10-13(16)9-24)28(19(25)30)4-2-3-12-7-14(20(21,22)23)15(11-29)27-18(12)28/h7-8,10-11H,2-6H2,1H3,(H-,25,30)/p+1. The zero-order valence-electron chi connectivity index (χ0n) is 17.0. The lowest BCUT2D eigenvalue weighted by atomic mass is 9.99. The molecule has 1 atom stereocenters. The summed E-state index contributed by atoms with van der Waals surface area (Å²) in [5.74, 6) is -0.00387. The Bertz CT molecular complexity index is 1100. The van der Waals surface area contributed by atoms with Gasteiger partial charge in [0.1, 0.15) is 36.2 Å². The minimum atomic E-state index is -4.80. The van der Waals surface area contributed by atoms with Gasteiger partial charge in [0.25, 0.3) is 0 Å². The number of primary amides is 1. The van der Waals surface area contributed by atoms with Crippen molar-refractivity contribution in [2.45, 2.75) is 19.0 Å². The van der Waals surface area contributed by atoms with Crippen LogP contribution in [0, 0.1) is 11.3 Å².